The highest BCUT2D eigenvalue weighted by Gasteiger charge is 2.19. The summed E-state index contributed by atoms with van der Waals surface area (Å²) >= 11 is 0. The molecule has 1 saturated heterocycles. The molecule has 1 unspecified atom stereocenters. The summed E-state index contributed by atoms with van der Waals surface area (Å²) in [5.74, 6) is 0. The molecule has 0 aliphatic carbocycles. The first-order valence-corrected chi connectivity index (χ1v) is 7.32. The molecule has 1 aromatic carbocycles. The molecule has 1 aromatic rings. The lowest BCUT2D eigenvalue weighted by Gasteiger charge is -2.21. The minimum atomic E-state index is 0.762. The Hall–Kier alpha value is -0.860. The van der Waals surface area contributed by atoms with E-state index in [4.69, 9.17) is 0 Å². The van der Waals surface area contributed by atoms with Gasteiger partial charge in [-0.15, -0.1) is 0 Å². The molecular weight excluding hydrogens is 220 g/mol. The number of hydrogen-bond donors (Lipinski definition) is 1. The average molecular weight is 246 g/mol. The maximum absolute atomic E-state index is 3.37. The number of nitrogens with one attached hydrogen (secondary N) is 1. The van der Waals surface area contributed by atoms with Crippen LogP contribution in [0, 0.1) is 0 Å². The van der Waals surface area contributed by atoms with Gasteiger partial charge in [0.25, 0.3) is 0 Å². The predicted molar refractivity (Wildman–Crippen MR) is 77.8 cm³/mol. The zero-order valence-electron chi connectivity index (χ0n) is 11.8. The molecule has 1 N–H and O–H groups in total. The summed E-state index contributed by atoms with van der Waals surface area (Å²) in [6, 6.07) is 9.93. The standard InChI is InChI=1S/C16H26N2/c1-3-17-11-10-15-6-8-16(9-7-15)13-18-12-4-5-14(18)2/h6-9,14,17H,3-5,10-13H2,1-2H3. The van der Waals surface area contributed by atoms with E-state index in [0.717, 1.165) is 32.1 Å². The highest BCUT2D eigenvalue weighted by molar-refractivity contribution is 5.23. The first-order valence-electron chi connectivity index (χ1n) is 7.32. The fraction of sp³-hybridized carbons (Fsp3) is 0.625. The summed E-state index contributed by atoms with van der Waals surface area (Å²) in [5, 5.41) is 3.37. The van der Waals surface area contributed by atoms with Crippen LogP contribution in [0.5, 0.6) is 0 Å². The van der Waals surface area contributed by atoms with Crippen LogP contribution in [0.4, 0.5) is 0 Å². The predicted octanol–water partition coefficient (Wildman–Crippen LogP) is 2.82. The van der Waals surface area contributed by atoms with Gasteiger partial charge in [-0.25, -0.2) is 0 Å². The van der Waals surface area contributed by atoms with Gasteiger partial charge < -0.3 is 5.32 Å². The van der Waals surface area contributed by atoms with Crippen molar-refractivity contribution in [3.63, 3.8) is 0 Å². The monoisotopic (exact) mass is 246 g/mol. The van der Waals surface area contributed by atoms with Crippen LogP contribution in [0.2, 0.25) is 0 Å². The Morgan fingerprint density at radius 1 is 1.22 bits per heavy atom. The number of nitrogens with zero attached hydrogens (tertiary/aromatic N) is 1. The Bertz CT molecular complexity index is 345. The molecule has 1 heterocycles. The number of hydrogen-bond acceptors (Lipinski definition) is 2. The zero-order valence-corrected chi connectivity index (χ0v) is 11.8. The van der Waals surface area contributed by atoms with E-state index in [1.807, 2.05) is 0 Å². The fourth-order valence-corrected chi connectivity index (χ4v) is 2.68. The molecule has 0 spiro atoms. The van der Waals surface area contributed by atoms with E-state index >= 15 is 0 Å². The Labute approximate surface area is 111 Å². The van der Waals surface area contributed by atoms with Gasteiger partial charge in [0.15, 0.2) is 0 Å². The van der Waals surface area contributed by atoms with Crippen molar-refractivity contribution in [2.24, 2.45) is 0 Å². The number of rotatable bonds is 6. The molecule has 0 saturated carbocycles. The van der Waals surface area contributed by atoms with Crippen molar-refractivity contribution in [2.75, 3.05) is 19.6 Å². The smallest absolute Gasteiger partial charge is 0.0236 e. The maximum atomic E-state index is 3.37. The summed E-state index contributed by atoms with van der Waals surface area (Å²) in [6.45, 7) is 9.03. The van der Waals surface area contributed by atoms with E-state index in [1.165, 1.54) is 30.5 Å². The fourth-order valence-electron chi connectivity index (χ4n) is 2.68. The molecule has 1 aliphatic rings. The second kappa shape index (κ2) is 6.91. The summed E-state index contributed by atoms with van der Waals surface area (Å²) in [6.07, 6.45) is 3.86. The number of benzene rings is 1. The molecule has 0 aromatic heterocycles. The molecule has 18 heavy (non-hydrogen) atoms. The topological polar surface area (TPSA) is 15.3 Å². The summed E-state index contributed by atoms with van der Waals surface area (Å²) in [5.41, 5.74) is 2.89. The molecule has 2 rings (SSSR count). The van der Waals surface area contributed by atoms with Gasteiger partial charge in [0.2, 0.25) is 0 Å². The minimum Gasteiger partial charge on any atom is -0.317 e. The Kier molecular flexibility index (Phi) is 5.21. The molecule has 0 radical (unpaired) electrons. The van der Waals surface area contributed by atoms with Crippen molar-refractivity contribution >= 4 is 0 Å². The van der Waals surface area contributed by atoms with Crippen molar-refractivity contribution in [3.8, 4) is 0 Å². The van der Waals surface area contributed by atoms with Gasteiger partial charge in [-0.1, -0.05) is 31.2 Å². The van der Waals surface area contributed by atoms with Crippen LogP contribution in [-0.2, 0) is 13.0 Å². The second-order valence-electron chi connectivity index (χ2n) is 5.38. The molecular formula is C16H26N2. The van der Waals surface area contributed by atoms with E-state index < -0.39 is 0 Å². The second-order valence-corrected chi connectivity index (χ2v) is 5.38. The maximum Gasteiger partial charge on any atom is 0.0236 e. The van der Waals surface area contributed by atoms with E-state index in [0.29, 0.717) is 0 Å². The molecule has 100 valence electrons. The summed E-state index contributed by atoms with van der Waals surface area (Å²) in [4.78, 5) is 2.59. The van der Waals surface area contributed by atoms with Crippen LogP contribution in [-0.4, -0.2) is 30.6 Å². The van der Waals surface area contributed by atoms with Crippen molar-refractivity contribution in [2.45, 2.75) is 45.7 Å². The van der Waals surface area contributed by atoms with Crippen LogP contribution >= 0.6 is 0 Å². The van der Waals surface area contributed by atoms with E-state index in [9.17, 15) is 0 Å². The highest BCUT2D eigenvalue weighted by Crippen LogP contribution is 2.19. The number of likely N-dealkylation sites (N-methyl/N-ethyl adjacent to an activating group) is 1. The van der Waals surface area contributed by atoms with Crippen molar-refractivity contribution in [3.05, 3.63) is 35.4 Å². The van der Waals surface area contributed by atoms with Crippen molar-refractivity contribution in [1.82, 2.24) is 10.2 Å². The molecule has 1 atom stereocenters. The normalized spacial score (nSPS) is 20.4. The van der Waals surface area contributed by atoms with Crippen LogP contribution < -0.4 is 5.32 Å². The number of likely N-dealkylation sites (tertiary alicyclic amines) is 1. The lowest BCUT2D eigenvalue weighted by atomic mass is 10.1. The van der Waals surface area contributed by atoms with Gasteiger partial charge in [-0.2, -0.15) is 0 Å². The van der Waals surface area contributed by atoms with Crippen LogP contribution in [0.3, 0.4) is 0 Å². The van der Waals surface area contributed by atoms with Crippen molar-refractivity contribution < 1.29 is 0 Å². The van der Waals surface area contributed by atoms with Gasteiger partial charge in [-0.3, -0.25) is 4.90 Å². The highest BCUT2D eigenvalue weighted by atomic mass is 15.2. The van der Waals surface area contributed by atoms with Gasteiger partial charge in [0.1, 0.15) is 0 Å². The SMILES string of the molecule is CCNCCc1ccc(CN2CCCC2C)cc1. The molecule has 1 aliphatic heterocycles. The lowest BCUT2D eigenvalue weighted by molar-refractivity contribution is 0.260. The average Bonchev–Trinajstić information content (AvgIpc) is 2.78. The quantitative estimate of drug-likeness (QED) is 0.777. The zero-order chi connectivity index (χ0) is 12.8. The van der Waals surface area contributed by atoms with Gasteiger partial charge >= 0.3 is 0 Å². The first-order chi connectivity index (χ1) is 8.79. The Morgan fingerprint density at radius 3 is 2.56 bits per heavy atom. The van der Waals surface area contributed by atoms with E-state index in [2.05, 4.69) is 48.3 Å². The Morgan fingerprint density at radius 2 is 1.94 bits per heavy atom. The van der Waals surface area contributed by atoms with Crippen LogP contribution in [0.15, 0.2) is 24.3 Å². The largest absolute Gasteiger partial charge is 0.317 e. The molecule has 2 heteroatoms. The third kappa shape index (κ3) is 3.82. The van der Waals surface area contributed by atoms with E-state index in [1.54, 1.807) is 0 Å². The summed E-state index contributed by atoms with van der Waals surface area (Å²) in [7, 11) is 0. The van der Waals surface area contributed by atoms with Gasteiger partial charge in [-0.05, 0) is 56.9 Å². The molecule has 2 nitrogen and oxygen atoms in total. The third-order valence-corrected chi connectivity index (χ3v) is 3.94. The van der Waals surface area contributed by atoms with Crippen LogP contribution in [0.25, 0.3) is 0 Å². The van der Waals surface area contributed by atoms with Crippen molar-refractivity contribution in [1.29, 1.82) is 0 Å². The van der Waals surface area contributed by atoms with Crippen LogP contribution in [0.1, 0.15) is 37.8 Å². The van der Waals surface area contributed by atoms with Gasteiger partial charge in [0.05, 0.1) is 0 Å². The Balaban J connectivity index is 1.83. The molecule has 1 fully saturated rings. The summed E-state index contributed by atoms with van der Waals surface area (Å²) < 4.78 is 0. The molecule has 0 bridgehead atoms. The lowest BCUT2D eigenvalue weighted by Crippen LogP contribution is -2.26. The molecule has 0 amide bonds. The minimum absolute atomic E-state index is 0.762. The van der Waals surface area contributed by atoms with Gasteiger partial charge in [0, 0.05) is 12.6 Å². The third-order valence-electron chi connectivity index (χ3n) is 3.94. The van der Waals surface area contributed by atoms with E-state index in [-0.39, 0.29) is 0 Å². The first kappa shape index (κ1) is 13.6.